The molecule has 3 aromatic rings. The number of thiazole rings is 1. The molecule has 22 heavy (non-hydrogen) atoms. The molecule has 1 N–H and O–H groups in total. The first-order chi connectivity index (χ1) is 10.6. The van der Waals surface area contributed by atoms with E-state index in [0.717, 1.165) is 0 Å². The van der Waals surface area contributed by atoms with Gasteiger partial charge in [-0.2, -0.15) is 0 Å². The van der Waals surface area contributed by atoms with E-state index in [1.54, 1.807) is 48.5 Å². The van der Waals surface area contributed by atoms with E-state index in [0.29, 0.717) is 21.8 Å². The first-order valence-electron chi connectivity index (χ1n) is 6.49. The molecule has 112 valence electrons. The third-order valence-electron chi connectivity index (χ3n) is 3.28. The lowest BCUT2D eigenvalue weighted by atomic mass is 10.1. The number of methoxy groups -OCH3 is 1. The summed E-state index contributed by atoms with van der Waals surface area (Å²) in [5.74, 6) is 0.115. The molecule has 1 amide bonds. The molecule has 0 saturated heterocycles. The largest absolute Gasteiger partial charge is 0.495 e. The molecule has 0 atom stereocenters. The van der Waals surface area contributed by atoms with Crippen molar-refractivity contribution in [2.24, 2.45) is 7.05 Å². The summed E-state index contributed by atoms with van der Waals surface area (Å²) >= 11 is 1.29. The number of pyridine rings is 1. The average molecular weight is 315 g/mol. The van der Waals surface area contributed by atoms with Gasteiger partial charge in [0.15, 0.2) is 5.13 Å². The lowest BCUT2D eigenvalue weighted by molar-refractivity contribution is 0.102. The summed E-state index contributed by atoms with van der Waals surface area (Å²) in [6.45, 7) is 0. The van der Waals surface area contributed by atoms with Crippen LogP contribution in [-0.2, 0) is 7.05 Å². The fourth-order valence-corrected chi connectivity index (χ4v) is 2.83. The number of amides is 1. The number of rotatable bonds is 3. The number of ether oxygens (including phenoxy) is 1. The number of fused-ring (bicyclic) bond motifs is 1. The molecule has 0 spiro atoms. The van der Waals surface area contributed by atoms with E-state index in [2.05, 4.69) is 10.3 Å². The van der Waals surface area contributed by atoms with Crippen molar-refractivity contribution in [1.82, 2.24) is 9.55 Å². The van der Waals surface area contributed by atoms with Gasteiger partial charge in [0.1, 0.15) is 11.3 Å². The molecule has 2 aromatic heterocycles. The van der Waals surface area contributed by atoms with Gasteiger partial charge in [-0.25, -0.2) is 4.98 Å². The van der Waals surface area contributed by atoms with Crippen molar-refractivity contribution in [1.29, 1.82) is 0 Å². The number of nitrogens with zero attached hydrogens (tertiary/aromatic N) is 2. The minimum Gasteiger partial charge on any atom is -0.495 e. The zero-order chi connectivity index (χ0) is 15.7. The number of nitrogens with one attached hydrogen (secondary N) is 1. The number of carbonyl (C=O) groups excluding carboxylic acids is 1. The Labute approximate surface area is 130 Å². The quantitative estimate of drug-likeness (QED) is 0.804. The van der Waals surface area contributed by atoms with Crippen molar-refractivity contribution >= 4 is 33.3 Å². The molecule has 0 saturated carbocycles. The van der Waals surface area contributed by atoms with Gasteiger partial charge in [-0.3, -0.25) is 14.9 Å². The Kier molecular flexibility index (Phi) is 3.64. The van der Waals surface area contributed by atoms with Gasteiger partial charge in [-0.05, 0) is 12.1 Å². The molecular formula is C15H13N3O3S. The third kappa shape index (κ3) is 2.35. The fourth-order valence-electron chi connectivity index (χ4n) is 2.31. The number of hydrogen-bond acceptors (Lipinski definition) is 5. The molecule has 0 unspecified atom stereocenters. The number of aryl methyl sites for hydroxylation is 1. The average Bonchev–Trinajstić information content (AvgIpc) is 3.02. The van der Waals surface area contributed by atoms with Crippen molar-refractivity contribution in [3.63, 3.8) is 0 Å². The minimum atomic E-state index is -0.472. The Morgan fingerprint density at radius 2 is 2.23 bits per heavy atom. The van der Waals surface area contributed by atoms with Crippen molar-refractivity contribution in [3.8, 4) is 5.75 Å². The Balaban J connectivity index is 2.14. The van der Waals surface area contributed by atoms with E-state index in [1.165, 1.54) is 17.5 Å². The normalized spacial score (nSPS) is 10.6. The zero-order valence-corrected chi connectivity index (χ0v) is 12.8. The van der Waals surface area contributed by atoms with Crippen LogP contribution >= 0.6 is 11.3 Å². The second kappa shape index (κ2) is 5.61. The summed E-state index contributed by atoms with van der Waals surface area (Å²) in [5, 5.41) is 5.27. The van der Waals surface area contributed by atoms with Crippen LogP contribution in [0.15, 0.2) is 40.8 Å². The van der Waals surface area contributed by atoms with Crippen molar-refractivity contribution in [2.75, 3.05) is 12.4 Å². The highest BCUT2D eigenvalue weighted by Gasteiger charge is 2.17. The van der Waals surface area contributed by atoms with Crippen molar-refractivity contribution in [2.45, 2.75) is 0 Å². The monoisotopic (exact) mass is 315 g/mol. The van der Waals surface area contributed by atoms with Gasteiger partial charge in [-0.15, -0.1) is 11.3 Å². The van der Waals surface area contributed by atoms with Gasteiger partial charge in [0.05, 0.1) is 18.0 Å². The molecule has 2 heterocycles. The summed E-state index contributed by atoms with van der Waals surface area (Å²) in [7, 11) is 3.31. The van der Waals surface area contributed by atoms with Crippen molar-refractivity contribution in [3.05, 3.63) is 51.8 Å². The van der Waals surface area contributed by atoms with E-state index >= 15 is 0 Å². The fraction of sp³-hybridized carbons (Fsp3) is 0.133. The summed E-state index contributed by atoms with van der Waals surface area (Å²) in [6, 6.07) is 5.18. The third-order valence-corrected chi connectivity index (χ3v) is 3.97. The Hall–Kier alpha value is -2.67. The van der Waals surface area contributed by atoms with Gasteiger partial charge < -0.3 is 9.30 Å². The topological polar surface area (TPSA) is 73.2 Å². The Morgan fingerprint density at radius 1 is 1.41 bits per heavy atom. The highest BCUT2D eigenvalue weighted by atomic mass is 32.1. The van der Waals surface area contributed by atoms with Crippen LogP contribution in [0, 0.1) is 0 Å². The van der Waals surface area contributed by atoms with Gasteiger partial charge in [-0.1, -0.05) is 6.07 Å². The van der Waals surface area contributed by atoms with Crippen LogP contribution in [0.5, 0.6) is 5.75 Å². The summed E-state index contributed by atoms with van der Waals surface area (Å²) in [6.07, 6.45) is 3.10. The van der Waals surface area contributed by atoms with Crippen LogP contribution < -0.4 is 15.5 Å². The molecule has 0 aliphatic carbocycles. The summed E-state index contributed by atoms with van der Waals surface area (Å²) in [4.78, 5) is 28.8. The highest BCUT2D eigenvalue weighted by molar-refractivity contribution is 7.13. The standard InChI is InChI=1S/C15H13N3O3S/c1-18-8-10(14(20)17-15-16-6-7-22-15)13(19)9-4-3-5-11(21-2)12(9)18/h3-8H,1-2H3,(H,16,17,20). The predicted molar refractivity (Wildman–Crippen MR) is 85.8 cm³/mol. The van der Waals surface area contributed by atoms with Gasteiger partial charge in [0.25, 0.3) is 5.91 Å². The van der Waals surface area contributed by atoms with Gasteiger partial charge >= 0.3 is 0 Å². The number of hydrogen-bond donors (Lipinski definition) is 1. The molecule has 0 aliphatic rings. The first kappa shape index (κ1) is 14.3. The predicted octanol–water partition coefficient (Wildman–Crippen LogP) is 2.26. The molecular weight excluding hydrogens is 302 g/mol. The van der Waals surface area contributed by atoms with E-state index in [-0.39, 0.29) is 11.0 Å². The number of anilines is 1. The molecule has 0 radical (unpaired) electrons. The molecule has 3 rings (SSSR count). The minimum absolute atomic E-state index is 0.0680. The summed E-state index contributed by atoms with van der Waals surface area (Å²) < 4.78 is 6.99. The molecule has 0 aliphatic heterocycles. The maximum absolute atomic E-state index is 12.6. The number of aromatic nitrogens is 2. The Bertz CT molecular complexity index is 900. The maximum atomic E-state index is 12.6. The van der Waals surface area contributed by atoms with E-state index in [1.807, 2.05) is 0 Å². The van der Waals surface area contributed by atoms with E-state index in [9.17, 15) is 9.59 Å². The molecule has 1 aromatic carbocycles. The maximum Gasteiger partial charge on any atom is 0.262 e. The van der Waals surface area contributed by atoms with Crippen LogP contribution in [0.1, 0.15) is 10.4 Å². The second-order valence-electron chi connectivity index (χ2n) is 4.63. The molecule has 0 bridgehead atoms. The lowest BCUT2D eigenvalue weighted by Crippen LogP contribution is -2.23. The van der Waals surface area contributed by atoms with E-state index < -0.39 is 5.91 Å². The number of carbonyl (C=O) groups is 1. The molecule has 7 heteroatoms. The summed E-state index contributed by atoms with van der Waals surface area (Å²) in [5.41, 5.74) is 0.389. The van der Waals surface area contributed by atoms with Crippen LogP contribution in [-0.4, -0.2) is 22.6 Å². The Morgan fingerprint density at radius 3 is 2.91 bits per heavy atom. The number of para-hydroxylation sites is 1. The van der Waals surface area contributed by atoms with Crippen LogP contribution in [0.3, 0.4) is 0 Å². The lowest BCUT2D eigenvalue weighted by Gasteiger charge is -2.11. The first-order valence-corrected chi connectivity index (χ1v) is 7.37. The highest BCUT2D eigenvalue weighted by Crippen LogP contribution is 2.23. The zero-order valence-electron chi connectivity index (χ0n) is 12.0. The van der Waals surface area contributed by atoms with Crippen LogP contribution in [0.4, 0.5) is 5.13 Å². The van der Waals surface area contributed by atoms with Crippen molar-refractivity contribution < 1.29 is 9.53 Å². The van der Waals surface area contributed by atoms with E-state index in [4.69, 9.17) is 4.74 Å². The number of benzene rings is 1. The second-order valence-corrected chi connectivity index (χ2v) is 5.53. The molecule has 0 fully saturated rings. The smallest absolute Gasteiger partial charge is 0.262 e. The molecule has 6 nitrogen and oxygen atoms in total. The van der Waals surface area contributed by atoms with Crippen LogP contribution in [0.25, 0.3) is 10.9 Å². The van der Waals surface area contributed by atoms with Gasteiger partial charge in [0, 0.05) is 24.8 Å². The van der Waals surface area contributed by atoms with Crippen LogP contribution in [0.2, 0.25) is 0 Å². The SMILES string of the molecule is COc1cccc2c(=O)c(C(=O)Nc3nccs3)cn(C)c12. The van der Waals surface area contributed by atoms with Gasteiger partial charge in [0.2, 0.25) is 5.43 Å².